The van der Waals surface area contributed by atoms with Gasteiger partial charge in [0.25, 0.3) is 0 Å². The quantitative estimate of drug-likeness (QED) is 0.788. The van der Waals surface area contributed by atoms with Crippen molar-refractivity contribution < 1.29 is 4.79 Å². The Labute approximate surface area is 155 Å². The molecular formula is C21H29N3O2. The van der Waals surface area contributed by atoms with Gasteiger partial charge in [0.2, 0.25) is 5.91 Å². The van der Waals surface area contributed by atoms with E-state index >= 15 is 0 Å². The van der Waals surface area contributed by atoms with Crippen LogP contribution in [0.25, 0.3) is 11.3 Å². The Hall–Kier alpha value is -2.40. The summed E-state index contributed by atoms with van der Waals surface area (Å²) in [6.45, 7) is 12.2. The summed E-state index contributed by atoms with van der Waals surface area (Å²) in [5.74, 6) is -0.276. The van der Waals surface area contributed by atoms with Crippen molar-refractivity contribution in [1.82, 2.24) is 10.3 Å². The van der Waals surface area contributed by atoms with Crippen molar-refractivity contribution in [3.63, 3.8) is 0 Å². The Bertz CT molecular complexity index is 874. The number of pyridine rings is 1. The van der Waals surface area contributed by atoms with Gasteiger partial charge in [-0.25, -0.2) is 0 Å². The number of carbonyl (C=O) groups excluding carboxylic acids is 1. The molecule has 140 valence electrons. The van der Waals surface area contributed by atoms with Gasteiger partial charge < -0.3 is 16.0 Å². The highest BCUT2D eigenvalue weighted by atomic mass is 16.2. The number of aryl methyl sites for hydroxylation is 2. The van der Waals surface area contributed by atoms with E-state index in [4.69, 9.17) is 5.73 Å². The fraction of sp³-hybridized carbons (Fsp3) is 0.429. The van der Waals surface area contributed by atoms with E-state index in [-0.39, 0.29) is 23.3 Å². The van der Waals surface area contributed by atoms with Crippen LogP contribution >= 0.6 is 0 Å². The summed E-state index contributed by atoms with van der Waals surface area (Å²) in [4.78, 5) is 27.5. The normalized spacial score (nSPS) is 12.7. The number of benzene rings is 1. The topological polar surface area (TPSA) is 88.0 Å². The minimum absolute atomic E-state index is 0.0782. The summed E-state index contributed by atoms with van der Waals surface area (Å²) in [5.41, 5.74) is 11.0. The Kier molecular flexibility index (Phi) is 5.71. The van der Waals surface area contributed by atoms with Crippen LogP contribution < -0.4 is 16.5 Å². The molecule has 1 aromatic heterocycles. The minimum atomic E-state index is -0.599. The fourth-order valence-electron chi connectivity index (χ4n) is 2.85. The second-order valence-electron chi connectivity index (χ2n) is 7.94. The molecule has 0 fully saturated rings. The average molecular weight is 355 g/mol. The van der Waals surface area contributed by atoms with Crippen LogP contribution in [0.15, 0.2) is 29.1 Å². The predicted octanol–water partition coefficient (Wildman–Crippen LogP) is 2.92. The highest BCUT2D eigenvalue weighted by Crippen LogP contribution is 2.28. The molecule has 5 heteroatoms. The van der Waals surface area contributed by atoms with Gasteiger partial charge in [0.05, 0.1) is 6.04 Å². The summed E-state index contributed by atoms with van der Waals surface area (Å²) >= 11 is 0. The number of carbonyl (C=O) groups is 1. The second-order valence-corrected chi connectivity index (χ2v) is 7.94. The molecule has 1 heterocycles. The van der Waals surface area contributed by atoms with Crippen LogP contribution in [0.2, 0.25) is 0 Å². The second kappa shape index (κ2) is 7.46. The van der Waals surface area contributed by atoms with E-state index in [2.05, 4.69) is 56.2 Å². The zero-order chi connectivity index (χ0) is 19.6. The maximum absolute atomic E-state index is 12.6. The molecule has 0 radical (unpaired) electrons. The Morgan fingerprint density at radius 1 is 1.23 bits per heavy atom. The first kappa shape index (κ1) is 19.9. The standard InChI is InChI=1S/C21H29N3O2/c1-12-9-15(21(4,5)6)7-8-16(12)18-10-19(25)17(14(3)24-18)11-23-20(26)13(2)22/h7-10,13H,11,22H2,1-6H3,(H,23,26)(H,24,25). The van der Waals surface area contributed by atoms with Gasteiger partial charge in [-0.3, -0.25) is 9.59 Å². The average Bonchev–Trinajstić information content (AvgIpc) is 2.52. The molecule has 4 N–H and O–H groups in total. The molecule has 2 aromatic rings. The van der Waals surface area contributed by atoms with Crippen LogP contribution in [0.3, 0.4) is 0 Å². The molecule has 0 spiro atoms. The van der Waals surface area contributed by atoms with Gasteiger partial charge in [0.15, 0.2) is 5.43 Å². The van der Waals surface area contributed by atoms with Gasteiger partial charge in [-0.15, -0.1) is 0 Å². The number of amides is 1. The van der Waals surface area contributed by atoms with Crippen molar-refractivity contribution in [2.24, 2.45) is 5.73 Å². The van der Waals surface area contributed by atoms with Crippen molar-refractivity contribution >= 4 is 5.91 Å². The molecule has 5 nitrogen and oxygen atoms in total. The first-order valence-electron chi connectivity index (χ1n) is 8.88. The van der Waals surface area contributed by atoms with E-state index in [1.165, 1.54) is 5.56 Å². The molecular weight excluding hydrogens is 326 g/mol. The summed E-state index contributed by atoms with van der Waals surface area (Å²) < 4.78 is 0. The summed E-state index contributed by atoms with van der Waals surface area (Å²) in [5, 5.41) is 2.69. The van der Waals surface area contributed by atoms with E-state index < -0.39 is 6.04 Å². The van der Waals surface area contributed by atoms with Crippen molar-refractivity contribution in [2.75, 3.05) is 0 Å². The van der Waals surface area contributed by atoms with Crippen LogP contribution in [0, 0.1) is 13.8 Å². The van der Waals surface area contributed by atoms with Gasteiger partial charge in [0.1, 0.15) is 0 Å². The lowest BCUT2D eigenvalue weighted by Gasteiger charge is -2.21. The maximum Gasteiger partial charge on any atom is 0.236 e. The van der Waals surface area contributed by atoms with E-state index in [1.807, 2.05) is 6.92 Å². The third-order valence-electron chi connectivity index (χ3n) is 4.58. The molecule has 26 heavy (non-hydrogen) atoms. The van der Waals surface area contributed by atoms with E-state index in [9.17, 15) is 9.59 Å². The zero-order valence-electron chi connectivity index (χ0n) is 16.5. The minimum Gasteiger partial charge on any atom is -0.358 e. The highest BCUT2D eigenvalue weighted by molar-refractivity contribution is 5.81. The van der Waals surface area contributed by atoms with Crippen molar-refractivity contribution in [3.8, 4) is 11.3 Å². The maximum atomic E-state index is 12.6. The number of aromatic amines is 1. The lowest BCUT2D eigenvalue weighted by molar-refractivity contribution is -0.122. The molecule has 2 rings (SSSR count). The van der Waals surface area contributed by atoms with Gasteiger partial charge in [-0.1, -0.05) is 39.0 Å². The third kappa shape index (κ3) is 4.41. The van der Waals surface area contributed by atoms with Gasteiger partial charge in [0, 0.05) is 35.1 Å². The highest BCUT2D eigenvalue weighted by Gasteiger charge is 2.16. The molecule has 0 saturated heterocycles. The molecule has 0 aliphatic rings. The van der Waals surface area contributed by atoms with Gasteiger partial charge in [-0.05, 0) is 37.3 Å². The first-order chi connectivity index (χ1) is 12.0. The van der Waals surface area contributed by atoms with Crippen LogP contribution in [0.4, 0.5) is 0 Å². The lowest BCUT2D eigenvalue weighted by atomic mass is 9.85. The molecule has 0 aliphatic heterocycles. The number of nitrogens with two attached hydrogens (primary N) is 1. The number of nitrogens with one attached hydrogen (secondary N) is 2. The molecule has 1 unspecified atom stereocenters. The third-order valence-corrected chi connectivity index (χ3v) is 4.58. The van der Waals surface area contributed by atoms with Crippen LogP contribution in [0.1, 0.15) is 50.1 Å². The summed E-state index contributed by atoms with van der Waals surface area (Å²) in [7, 11) is 0. The molecule has 0 bridgehead atoms. The van der Waals surface area contributed by atoms with Crippen LogP contribution in [0.5, 0.6) is 0 Å². The number of H-pyrrole nitrogens is 1. The van der Waals surface area contributed by atoms with Crippen molar-refractivity contribution in [3.05, 3.63) is 56.9 Å². The smallest absolute Gasteiger partial charge is 0.236 e. The predicted molar refractivity (Wildman–Crippen MR) is 106 cm³/mol. The van der Waals surface area contributed by atoms with Crippen LogP contribution in [-0.2, 0) is 16.8 Å². The number of hydrogen-bond acceptors (Lipinski definition) is 3. The Balaban J connectivity index is 2.36. The Morgan fingerprint density at radius 3 is 2.38 bits per heavy atom. The molecule has 0 saturated carbocycles. The zero-order valence-corrected chi connectivity index (χ0v) is 16.5. The van der Waals surface area contributed by atoms with Gasteiger partial charge in [-0.2, -0.15) is 0 Å². The SMILES string of the molecule is Cc1cc(C(C)(C)C)ccc1-c1cc(=O)c(CNC(=O)C(C)N)c(C)[nH]1. The number of hydrogen-bond donors (Lipinski definition) is 3. The number of aromatic nitrogens is 1. The van der Waals surface area contributed by atoms with Crippen LogP contribution in [-0.4, -0.2) is 16.9 Å². The number of rotatable bonds is 4. The Morgan fingerprint density at radius 2 is 1.88 bits per heavy atom. The van der Waals surface area contributed by atoms with E-state index in [1.54, 1.807) is 13.0 Å². The fourth-order valence-corrected chi connectivity index (χ4v) is 2.85. The monoisotopic (exact) mass is 355 g/mol. The van der Waals surface area contributed by atoms with Crippen molar-refractivity contribution in [2.45, 2.75) is 59.5 Å². The lowest BCUT2D eigenvalue weighted by Crippen LogP contribution is -2.38. The van der Waals surface area contributed by atoms with E-state index in [0.717, 1.165) is 22.5 Å². The summed E-state index contributed by atoms with van der Waals surface area (Å²) in [6.07, 6.45) is 0. The van der Waals surface area contributed by atoms with E-state index in [0.29, 0.717) is 5.56 Å². The summed E-state index contributed by atoms with van der Waals surface area (Å²) in [6, 6.07) is 7.32. The molecule has 1 atom stereocenters. The van der Waals surface area contributed by atoms with Crippen molar-refractivity contribution in [1.29, 1.82) is 0 Å². The molecule has 0 aliphatic carbocycles. The largest absolute Gasteiger partial charge is 0.358 e. The van der Waals surface area contributed by atoms with Gasteiger partial charge >= 0.3 is 0 Å². The first-order valence-corrected chi connectivity index (χ1v) is 8.88. The molecule has 1 amide bonds. The molecule has 1 aromatic carbocycles.